The van der Waals surface area contributed by atoms with Gasteiger partial charge in [-0.25, -0.2) is 13.9 Å². The highest BCUT2D eigenvalue weighted by molar-refractivity contribution is 5.74. The molecule has 1 aliphatic rings. The first-order chi connectivity index (χ1) is 14.6. The van der Waals surface area contributed by atoms with Crippen molar-refractivity contribution in [2.24, 2.45) is 0 Å². The number of carbonyl (C=O) groups is 1. The molecule has 1 aliphatic carbocycles. The number of aromatic nitrogens is 3. The second-order valence-electron chi connectivity index (χ2n) is 7.89. The van der Waals surface area contributed by atoms with Gasteiger partial charge in [0.05, 0.1) is 11.4 Å². The Morgan fingerprint density at radius 3 is 2.50 bits per heavy atom. The molecule has 0 amide bonds. The number of halogens is 1. The average Bonchev–Trinajstić information content (AvgIpc) is 3.18. The number of fused-ring (bicyclic) bond motifs is 2. The predicted molar refractivity (Wildman–Crippen MR) is 115 cm³/mol. The van der Waals surface area contributed by atoms with E-state index in [2.05, 4.69) is 18.2 Å². The first kappa shape index (κ1) is 18.7. The van der Waals surface area contributed by atoms with Crippen molar-refractivity contribution in [3.63, 3.8) is 0 Å². The molecular weight excluding hydrogens is 377 g/mol. The maximum absolute atomic E-state index is 13.5. The van der Waals surface area contributed by atoms with Crippen molar-refractivity contribution in [2.45, 2.75) is 39.0 Å². The standard InChI is InChI=1S/C25H22FN3O/c1-16-22(12-13-30)25(18-8-10-21(26)11-9-18)29-24(27-16)15-23(28-29)20-7-6-17-4-2-3-5-19(17)14-20/h6-11,13-15H,2-5,12H2,1H3. The monoisotopic (exact) mass is 399 g/mol. The first-order valence-corrected chi connectivity index (χ1v) is 10.3. The average molecular weight is 399 g/mol. The third-order valence-electron chi connectivity index (χ3n) is 5.96. The molecule has 2 aromatic carbocycles. The topological polar surface area (TPSA) is 47.3 Å². The number of nitrogens with zero attached hydrogens (tertiary/aromatic N) is 3. The van der Waals surface area contributed by atoms with E-state index in [0.717, 1.165) is 52.9 Å². The molecule has 5 heteroatoms. The zero-order valence-corrected chi connectivity index (χ0v) is 16.9. The molecule has 0 atom stereocenters. The van der Waals surface area contributed by atoms with Crippen LogP contribution in [0.2, 0.25) is 0 Å². The van der Waals surface area contributed by atoms with Gasteiger partial charge in [0.25, 0.3) is 0 Å². The van der Waals surface area contributed by atoms with E-state index in [1.165, 1.54) is 36.1 Å². The van der Waals surface area contributed by atoms with Crippen LogP contribution in [0.5, 0.6) is 0 Å². The van der Waals surface area contributed by atoms with Gasteiger partial charge in [-0.3, -0.25) is 0 Å². The number of hydrogen-bond acceptors (Lipinski definition) is 3. The van der Waals surface area contributed by atoms with Gasteiger partial charge in [0, 0.05) is 34.9 Å². The summed E-state index contributed by atoms with van der Waals surface area (Å²) in [6.45, 7) is 1.90. The fourth-order valence-electron chi connectivity index (χ4n) is 4.42. The molecule has 0 bridgehead atoms. The Labute approximate surface area is 174 Å². The number of benzene rings is 2. The molecule has 2 aromatic heterocycles. The second kappa shape index (κ2) is 7.48. The molecule has 0 spiro atoms. The normalized spacial score (nSPS) is 13.4. The van der Waals surface area contributed by atoms with Gasteiger partial charge in [-0.15, -0.1) is 0 Å². The summed E-state index contributed by atoms with van der Waals surface area (Å²) in [7, 11) is 0. The highest BCUT2D eigenvalue weighted by Gasteiger charge is 2.18. The van der Waals surface area contributed by atoms with E-state index in [1.807, 2.05) is 13.0 Å². The lowest BCUT2D eigenvalue weighted by Gasteiger charge is -2.16. The summed E-state index contributed by atoms with van der Waals surface area (Å²) < 4.78 is 15.3. The maximum Gasteiger partial charge on any atom is 0.156 e. The largest absolute Gasteiger partial charge is 0.303 e. The highest BCUT2D eigenvalue weighted by Crippen LogP contribution is 2.31. The molecule has 4 aromatic rings. The molecule has 2 heterocycles. The zero-order valence-electron chi connectivity index (χ0n) is 16.9. The predicted octanol–water partition coefficient (Wildman–Crippen LogP) is 5.13. The van der Waals surface area contributed by atoms with E-state index >= 15 is 0 Å². The Balaban J connectivity index is 1.71. The summed E-state index contributed by atoms with van der Waals surface area (Å²) in [6, 6.07) is 14.9. The summed E-state index contributed by atoms with van der Waals surface area (Å²) in [6.07, 6.45) is 5.84. The van der Waals surface area contributed by atoms with Crippen molar-refractivity contribution in [1.29, 1.82) is 0 Å². The van der Waals surface area contributed by atoms with Crippen molar-refractivity contribution in [3.8, 4) is 22.5 Å². The lowest BCUT2D eigenvalue weighted by atomic mass is 9.90. The van der Waals surface area contributed by atoms with Crippen LogP contribution in [0.25, 0.3) is 28.2 Å². The van der Waals surface area contributed by atoms with Gasteiger partial charge >= 0.3 is 0 Å². The third-order valence-corrected chi connectivity index (χ3v) is 5.96. The van der Waals surface area contributed by atoms with Crippen molar-refractivity contribution >= 4 is 11.9 Å². The van der Waals surface area contributed by atoms with Crippen molar-refractivity contribution in [2.75, 3.05) is 0 Å². The van der Waals surface area contributed by atoms with Crippen LogP contribution in [0.1, 0.15) is 35.2 Å². The van der Waals surface area contributed by atoms with E-state index in [-0.39, 0.29) is 12.2 Å². The number of aryl methyl sites for hydroxylation is 3. The van der Waals surface area contributed by atoms with Crippen LogP contribution in [-0.2, 0) is 24.1 Å². The number of aldehydes is 1. The molecule has 0 radical (unpaired) electrons. The summed E-state index contributed by atoms with van der Waals surface area (Å²) >= 11 is 0. The molecule has 150 valence electrons. The quantitative estimate of drug-likeness (QED) is 0.447. The molecule has 0 saturated carbocycles. The Morgan fingerprint density at radius 2 is 1.73 bits per heavy atom. The maximum atomic E-state index is 13.5. The van der Waals surface area contributed by atoms with Gasteiger partial charge in [0.1, 0.15) is 12.1 Å². The molecule has 0 fully saturated rings. The summed E-state index contributed by atoms with van der Waals surface area (Å²) in [5.41, 5.74) is 8.66. The highest BCUT2D eigenvalue weighted by atomic mass is 19.1. The van der Waals surface area contributed by atoms with Crippen molar-refractivity contribution in [1.82, 2.24) is 14.6 Å². The molecule has 4 nitrogen and oxygen atoms in total. The minimum atomic E-state index is -0.298. The fourth-order valence-corrected chi connectivity index (χ4v) is 4.42. The SMILES string of the molecule is Cc1nc2cc(-c3ccc4c(c3)CCCC4)nn2c(-c2ccc(F)cc2)c1CC=O. The van der Waals surface area contributed by atoms with Gasteiger partial charge < -0.3 is 4.79 Å². The molecular formula is C25H22FN3O. The van der Waals surface area contributed by atoms with Crippen LogP contribution in [-0.4, -0.2) is 20.9 Å². The molecule has 5 rings (SSSR count). The fraction of sp³-hybridized carbons (Fsp3) is 0.240. The van der Waals surface area contributed by atoms with Gasteiger partial charge in [-0.1, -0.05) is 12.1 Å². The van der Waals surface area contributed by atoms with Gasteiger partial charge in [0.15, 0.2) is 5.65 Å². The number of hydrogen-bond donors (Lipinski definition) is 0. The Kier molecular flexibility index (Phi) is 4.66. The minimum Gasteiger partial charge on any atom is -0.303 e. The minimum absolute atomic E-state index is 0.232. The Bertz CT molecular complexity index is 1260. The lowest BCUT2D eigenvalue weighted by Crippen LogP contribution is -2.06. The molecule has 0 unspecified atom stereocenters. The lowest BCUT2D eigenvalue weighted by molar-refractivity contribution is -0.107. The summed E-state index contributed by atoms with van der Waals surface area (Å²) in [5.74, 6) is -0.298. The molecule has 0 saturated heterocycles. The van der Waals surface area contributed by atoms with Crippen molar-refractivity contribution in [3.05, 3.63) is 76.7 Å². The van der Waals surface area contributed by atoms with Crippen LogP contribution in [0.4, 0.5) is 4.39 Å². The van der Waals surface area contributed by atoms with Crippen LogP contribution in [0.3, 0.4) is 0 Å². The Hall–Kier alpha value is -3.34. The summed E-state index contributed by atoms with van der Waals surface area (Å²) in [4.78, 5) is 16.0. The Morgan fingerprint density at radius 1 is 1.00 bits per heavy atom. The molecule has 0 N–H and O–H groups in total. The third kappa shape index (κ3) is 3.20. The second-order valence-corrected chi connectivity index (χ2v) is 7.89. The zero-order chi connectivity index (χ0) is 20.7. The van der Waals surface area contributed by atoms with Crippen molar-refractivity contribution < 1.29 is 9.18 Å². The molecule has 30 heavy (non-hydrogen) atoms. The van der Waals surface area contributed by atoms with E-state index in [9.17, 15) is 9.18 Å². The molecule has 0 aliphatic heterocycles. The number of rotatable bonds is 4. The van der Waals surface area contributed by atoms with E-state index in [1.54, 1.807) is 16.6 Å². The number of carbonyl (C=O) groups excluding carboxylic acids is 1. The van der Waals surface area contributed by atoms with E-state index in [0.29, 0.717) is 5.65 Å². The first-order valence-electron chi connectivity index (χ1n) is 10.3. The van der Waals surface area contributed by atoms with Crippen LogP contribution in [0, 0.1) is 12.7 Å². The van der Waals surface area contributed by atoms with Gasteiger partial charge in [0.2, 0.25) is 0 Å². The van der Waals surface area contributed by atoms with Crippen LogP contribution < -0.4 is 0 Å². The van der Waals surface area contributed by atoms with E-state index < -0.39 is 0 Å². The summed E-state index contributed by atoms with van der Waals surface area (Å²) in [5, 5.41) is 4.86. The smallest absolute Gasteiger partial charge is 0.156 e. The van der Waals surface area contributed by atoms with Gasteiger partial charge in [-0.05, 0) is 74.1 Å². The van der Waals surface area contributed by atoms with Gasteiger partial charge in [-0.2, -0.15) is 5.10 Å². The van der Waals surface area contributed by atoms with E-state index in [4.69, 9.17) is 10.1 Å². The van der Waals surface area contributed by atoms with Crippen LogP contribution in [0.15, 0.2) is 48.5 Å². The van der Waals surface area contributed by atoms with Crippen LogP contribution >= 0.6 is 0 Å².